The molecule has 2 aromatic heterocycles. The molecule has 7 heteroatoms. The number of carbonyl (C=O) groups is 1. The molecule has 1 aromatic carbocycles. The van der Waals surface area contributed by atoms with E-state index in [1.807, 2.05) is 30.5 Å². The van der Waals surface area contributed by atoms with Crippen molar-refractivity contribution < 1.29 is 9.90 Å². The first-order chi connectivity index (χ1) is 12.2. The van der Waals surface area contributed by atoms with Crippen molar-refractivity contribution in [3.8, 4) is 0 Å². The molecule has 0 fully saturated rings. The lowest BCUT2D eigenvalue weighted by Crippen LogP contribution is -2.41. The summed E-state index contributed by atoms with van der Waals surface area (Å²) in [4.78, 5) is 15.5. The number of H-pyrrole nitrogens is 1. The maximum atomic E-state index is 12.2. The molecule has 25 heavy (non-hydrogen) atoms. The highest BCUT2D eigenvalue weighted by molar-refractivity contribution is 5.88. The van der Waals surface area contributed by atoms with E-state index in [-0.39, 0.29) is 18.7 Å². The van der Waals surface area contributed by atoms with Gasteiger partial charge < -0.3 is 15.4 Å². The van der Waals surface area contributed by atoms with Gasteiger partial charge in [-0.3, -0.25) is 5.32 Å². The summed E-state index contributed by atoms with van der Waals surface area (Å²) < 4.78 is 1.74. The number of urea groups is 1. The van der Waals surface area contributed by atoms with Gasteiger partial charge in [0.2, 0.25) is 0 Å². The molecule has 0 aliphatic heterocycles. The minimum atomic E-state index is -0.373. The number of aromatic amines is 1. The van der Waals surface area contributed by atoms with Crippen molar-refractivity contribution in [3.63, 3.8) is 0 Å². The summed E-state index contributed by atoms with van der Waals surface area (Å²) in [7, 11) is 0. The van der Waals surface area contributed by atoms with Gasteiger partial charge in [0, 0.05) is 29.7 Å². The monoisotopic (exact) mass is 341 g/mol. The lowest BCUT2D eigenvalue weighted by atomic mass is 10.1. The van der Waals surface area contributed by atoms with Gasteiger partial charge in [-0.25, -0.2) is 9.48 Å². The number of rotatable bonds is 7. The third-order valence-corrected chi connectivity index (χ3v) is 4.09. The zero-order valence-corrected chi connectivity index (χ0v) is 14.2. The molecule has 4 N–H and O–H groups in total. The van der Waals surface area contributed by atoms with Crippen molar-refractivity contribution >= 4 is 22.8 Å². The van der Waals surface area contributed by atoms with Crippen molar-refractivity contribution in [1.29, 1.82) is 0 Å². The van der Waals surface area contributed by atoms with Gasteiger partial charge in [-0.05, 0) is 24.5 Å². The highest BCUT2D eigenvalue weighted by atomic mass is 16.3. The molecule has 0 saturated carbocycles. The number of aliphatic hydroxyl groups excluding tert-OH is 1. The Morgan fingerprint density at radius 1 is 1.36 bits per heavy atom. The number of carbonyl (C=O) groups excluding carboxylic acids is 1. The van der Waals surface area contributed by atoms with Crippen molar-refractivity contribution in [1.82, 2.24) is 20.1 Å². The predicted molar refractivity (Wildman–Crippen MR) is 97.5 cm³/mol. The molecular formula is C18H23N5O2. The highest BCUT2D eigenvalue weighted by Gasteiger charge is 2.15. The van der Waals surface area contributed by atoms with Crippen LogP contribution in [0, 0.1) is 0 Å². The minimum absolute atomic E-state index is 0.138. The second kappa shape index (κ2) is 7.85. The van der Waals surface area contributed by atoms with Gasteiger partial charge >= 0.3 is 6.03 Å². The van der Waals surface area contributed by atoms with E-state index < -0.39 is 0 Å². The Kier molecular flexibility index (Phi) is 5.35. The number of para-hydroxylation sites is 1. The van der Waals surface area contributed by atoms with Crippen molar-refractivity contribution in [2.45, 2.75) is 32.4 Å². The summed E-state index contributed by atoms with van der Waals surface area (Å²) >= 11 is 0. The summed E-state index contributed by atoms with van der Waals surface area (Å²) in [6, 6.07) is 9.00. The number of anilines is 1. The van der Waals surface area contributed by atoms with Crippen LogP contribution < -0.4 is 10.6 Å². The fourth-order valence-electron chi connectivity index (χ4n) is 2.89. The largest absolute Gasteiger partial charge is 0.394 e. The van der Waals surface area contributed by atoms with Gasteiger partial charge in [-0.1, -0.05) is 25.1 Å². The Morgan fingerprint density at radius 3 is 3.00 bits per heavy atom. The number of amides is 2. The lowest BCUT2D eigenvalue weighted by Gasteiger charge is -2.17. The molecule has 2 amide bonds. The molecule has 0 spiro atoms. The number of aliphatic hydroxyl groups is 1. The van der Waals surface area contributed by atoms with Crippen LogP contribution >= 0.6 is 0 Å². The van der Waals surface area contributed by atoms with E-state index in [1.54, 1.807) is 16.9 Å². The fraction of sp³-hybridized carbons (Fsp3) is 0.333. The number of hydrogen-bond donors (Lipinski definition) is 4. The summed E-state index contributed by atoms with van der Waals surface area (Å²) in [5.41, 5.74) is 2.10. The summed E-state index contributed by atoms with van der Waals surface area (Å²) in [5, 5.41) is 20.5. The topological polar surface area (TPSA) is 95.0 Å². The maximum absolute atomic E-state index is 12.2. The number of aryl methyl sites for hydroxylation is 1. The van der Waals surface area contributed by atoms with E-state index in [4.69, 9.17) is 0 Å². The third-order valence-electron chi connectivity index (χ3n) is 4.09. The molecule has 0 bridgehead atoms. The first kappa shape index (κ1) is 17.0. The fourth-order valence-corrected chi connectivity index (χ4v) is 2.89. The molecule has 0 saturated heterocycles. The summed E-state index contributed by atoms with van der Waals surface area (Å²) in [6.45, 7) is 2.65. The number of nitrogens with zero attached hydrogens (tertiary/aromatic N) is 2. The Labute approximate surface area is 146 Å². The van der Waals surface area contributed by atoms with Gasteiger partial charge in [-0.15, -0.1) is 0 Å². The molecule has 1 atom stereocenters. The Morgan fingerprint density at radius 2 is 2.20 bits per heavy atom. The van der Waals surface area contributed by atoms with E-state index in [2.05, 4.69) is 27.6 Å². The zero-order valence-electron chi connectivity index (χ0n) is 14.2. The van der Waals surface area contributed by atoms with Crippen molar-refractivity contribution in [3.05, 3.63) is 48.3 Å². The van der Waals surface area contributed by atoms with Crippen molar-refractivity contribution in [2.75, 3.05) is 11.9 Å². The van der Waals surface area contributed by atoms with Crippen LogP contribution in [0.2, 0.25) is 0 Å². The van der Waals surface area contributed by atoms with Gasteiger partial charge in [0.25, 0.3) is 0 Å². The number of hydrogen-bond acceptors (Lipinski definition) is 3. The standard InChI is InChI=1S/C18H23N5O2/c1-2-9-23-17(7-8-20-23)22-18(25)21-14(12-24)10-13-11-19-16-6-4-3-5-15(13)16/h3-8,11,14,19,24H,2,9-10,12H2,1H3,(H2,21,22,25). The highest BCUT2D eigenvalue weighted by Crippen LogP contribution is 2.19. The Bertz CT molecular complexity index is 839. The van der Waals surface area contributed by atoms with Gasteiger partial charge in [0.15, 0.2) is 0 Å². The quantitative estimate of drug-likeness (QED) is 0.532. The first-order valence-electron chi connectivity index (χ1n) is 8.46. The second-order valence-electron chi connectivity index (χ2n) is 5.98. The average Bonchev–Trinajstić information content (AvgIpc) is 3.22. The summed E-state index contributed by atoms with van der Waals surface area (Å²) in [5.74, 6) is 0.642. The Balaban J connectivity index is 1.63. The van der Waals surface area contributed by atoms with Crippen LogP contribution in [0.5, 0.6) is 0 Å². The Hall–Kier alpha value is -2.80. The molecule has 0 aliphatic rings. The molecule has 0 aliphatic carbocycles. The average molecular weight is 341 g/mol. The van der Waals surface area contributed by atoms with Crippen LogP contribution in [0.1, 0.15) is 18.9 Å². The van der Waals surface area contributed by atoms with E-state index in [0.717, 1.165) is 29.4 Å². The van der Waals surface area contributed by atoms with Crippen LogP contribution in [0.4, 0.5) is 10.6 Å². The summed E-state index contributed by atoms with van der Waals surface area (Å²) in [6.07, 6.45) is 5.05. The molecule has 132 valence electrons. The third kappa shape index (κ3) is 4.00. The van der Waals surface area contributed by atoms with Crippen LogP contribution in [0.15, 0.2) is 42.7 Å². The molecule has 3 rings (SSSR count). The van der Waals surface area contributed by atoms with E-state index in [9.17, 15) is 9.90 Å². The SMILES string of the molecule is CCCn1nccc1NC(=O)NC(CO)Cc1c[nH]c2ccccc12. The van der Waals surface area contributed by atoms with Gasteiger partial charge in [0.05, 0.1) is 18.8 Å². The smallest absolute Gasteiger partial charge is 0.320 e. The van der Waals surface area contributed by atoms with Gasteiger partial charge in [0.1, 0.15) is 5.82 Å². The van der Waals surface area contributed by atoms with E-state index in [0.29, 0.717) is 12.2 Å². The second-order valence-corrected chi connectivity index (χ2v) is 5.98. The molecule has 0 radical (unpaired) electrons. The zero-order chi connectivity index (χ0) is 17.6. The predicted octanol–water partition coefficient (Wildman–Crippen LogP) is 2.50. The van der Waals surface area contributed by atoms with Crippen LogP contribution in [-0.4, -0.2) is 38.6 Å². The molecular weight excluding hydrogens is 318 g/mol. The minimum Gasteiger partial charge on any atom is -0.394 e. The number of nitrogens with one attached hydrogen (secondary N) is 3. The molecule has 1 unspecified atom stereocenters. The first-order valence-corrected chi connectivity index (χ1v) is 8.46. The molecule has 7 nitrogen and oxygen atoms in total. The van der Waals surface area contributed by atoms with E-state index in [1.165, 1.54) is 0 Å². The number of benzene rings is 1. The molecule has 2 heterocycles. The van der Waals surface area contributed by atoms with Crippen LogP contribution in [0.3, 0.4) is 0 Å². The number of fused-ring (bicyclic) bond motifs is 1. The molecule has 3 aromatic rings. The van der Waals surface area contributed by atoms with E-state index >= 15 is 0 Å². The van der Waals surface area contributed by atoms with Crippen molar-refractivity contribution in [2.24, 2.45) is 0 Å². The maximum Gasteiger partial charge on any atom is 0.320 e. The number of aromatic nitrogens is 3. The lowest BCUT2D eigenvalue weighted by molar-refractivity contribution is 0.224. The van der Waals surface area contributed by atoms with Crippen LogP contribution in [0.25, 0.3) is 10.9 Å². The van der Waals surface area contributed by atoms with Gasteiger partial charge in [-0.2, -0.15) is 5.10 Å². The van der Waals surface area contributed by atoms with Crippen LogP contribution in [-0.2, 0) is 13.0 Å². The normalized spacial score (nSPS) is 12.2.